The Labute approximate surface area is 77.5 Å². The molecule has 0 spiro atoms. The molecule has 0 fully saturated rings. The van der Waals surface area contributed by atoms with Gasteiger partial charge in [-0.2, -0.15) is 0 Å². The summed E-state index contributed by atoms with van der Waals surface area (Å²) in [6.07, 6.45) is 5.42. The Morgan fingerprint density at radius 2 is 1.75 bits per heavy atom. The number of rotatable bonds is 7. The van der Waals surface area contributed by atoms with Crippen molar-refractivity contribution < 1.29 is 4.74 Å². The molecule has 0 aromatic heterocycles. The van der Waals surface area contributed by atoms with Gasteiger partial charge in [0.15, 0.2) is 0 Å². The zero-order valence-corrected chi connectivity index (χ0v) is 9.10. The van der Waals surface area contributed by atoms with Crippen molar-refractivity contribution in [3.05, 3.63) is 0 Å². The molecule has 0 saturated carbocycles. The summed E-state index contributed by atoms with van der Waals surface area (Å²) < 4.78 is 5.75. The minimum Gasteiger partial charge on any atom is -0.378 e. The molecule has 12 heavy (non-hydrogen) atoms. The molecule has 0 N–H and O–H groups in total. The molecule has 0 aliphatic carbocycles. The summed E-state index contributed by atoms with van der Waals surface area (Å²) in [7, 11) is 0. The first-order valence-electron chi connectivity index (χ1n) is 5.33. The van der Waals surface area contributed by atoms with Crippen LogP contribution in [0, 0.1) is 5.92 Å². The lowest BCUT2D eigenvalue weighted by atomic mass is 10.1. The van der Waals surface area contributed by atoms with Crippen molar-refractivity contribution in [2.24, 2.45) is 5.92 Å². The highest BCUT2D eigenvalue weighted by Gasteiger charge is 2.09. The smallest absolute Gasteiger partial charge is 0.0595 e. The van der Waals surface area contributed by atoms with E-state index in [4.69, 9.17) is 4.74 Å². The lowest BCUT2D eigenvalue weighted by Gasteiger charge is -2.19. The molecular weight excluding hydrogens is 148 g/mol. The average Bonchev–Trinajstić information content (AvgIpc) is 2.04. The number of ether oxygens (including phenoxy) is 1. The first-order valence-corrected chi connectivity index (χ1v) is 5.33. The van der Waals surface area contributed by atoms with E-state index < -0.39 is 0 Å². The van der Waals surface area contributed by atoms with Gasteiger partial charge >= 0.3 is 0 Å². The molecule has 0 aromatic rings. The van der Waals surface area contributed by atoms with Crippen LogP contribution in [0.3, 0.4) is 0 Å². The second-order valence-electron chi connectivity index (χ2n) is 3.77. The molecule has 0 aliphatic heterocycles. The number of hydrogen-bond donors (Lipinski definition) is 0. The van der Waals surface area contributed by atoms with Crippen molar-refractivity contribution in [1.82, 2.24) is 0 Å². The van der Waals surface area contributed by atoms with E-state index in [1.807, 2.05) is 0 Å². The van der Waals surface area contributed by atoms with Crippen LogP contribution in [0.2, 0.25) is 0 Å². The minimum absolute atomic E-state index is 0.474. The molecule has 0 heterocycles. The van der Waals surface area contributed by atoms with E-state index in [2.05, 4.69) is 27.7 Å². The summed E-state index contributed by atoms with van der Waals surface area (Å²) in [5.41, 5.74) is 0. The van der Waals surface area contributed by atoms with Gasteiger partial charge in [0.05, 0.1) is 6.10 Å². The van der Waals surface area contributed by atoms with E-state index in [1.54, 1.807) is 0 Å². The first-order chi connectivity index (χ1) is 5.72. The molecule has 1 atom stereocenters. The van der Waals surface area contributed by atoms with Gasteiger partial charge in [-0.1, -0.05) is 40.5 Å². The summed E-state index contributed by atoms with van der Waals surface area (Å²) in [6.45, 7) is 9.83. The van der Waals surface area contributed by atoms with Crippen LogP contribution in [0.15, 0.2) is 0 Å². The molecule has 74 valence electrons. The van der Waals surface area contributed by atoms with Crippen LogP contribution in [-0.2, 0) is 4.74 Å². The van der Waals surface area contributed by atoms with E-state index in [0.717, 1.165) is 13.0 Å². The zero-order valence-electron chi connectivity index (χ0n) is 9.10. The maximum Gasteiger partial charge on any atom is 0.0595 e. The van der Waals surface area contributed by atoms with Crippen molar-refractivity contribution in [2.45, 2.75) is 59.5 Å². The van der Waals surface area contributed by atoms with E-state index in [9.17, 15) is 0 Å². The quantitative estimate of drug-likeness (QED) is 0.533. The highest BCUT2D eigenvalue weighted by Crippen LogP contribution is 2.10. The normalized spacial score (nSPS) is 13.8. The Morgan fingerprint density at radius 3 is 2.17 bits per heavy atom. The fourth-order valence-electron chi connectivity index (χ4n) is 1.37. The van der Waals surface area contributed by atoms with Crippen LogP contribution in [0.4, 0.5) is 0 Å². The summed E-state index contributed by atoms with van der Waals surface area (Å²) in [5.74, 6) is 0.664. The Hall–Kier alpha value is -0.0400. The largest absolute Gasteiger partial charge is 0.378 e. The highest BCUT2D eigenvalue weighted by atomic mass is 16.5. The summed E-state index contributed by atoms with van der Waals surface area (Å²) in [4.78, 5) is 0. The standard InChI is InChI=1S/C11H24O/c1-5-7-8-9-12-11(6-2)10(3)4/h10-11H,5-9H2,1-4H3. The fourth-order valence-corrected chi connectivity index (χ4v) is 1.37. The van der Waals surface area contributed by atoms with Crippen LogP contribution < -0.4 is 0 Å². The third kappa shape index (κ3) is 5.59. The van der Waals surface area contributed by atoms with Crippen molar-refractivity contribution in [3.63, 3.8) is 0 Å². The lowest BCUT2D eigenvalue weighted by molar-refractivity contribution is 0.0181. The molecular formula is C11H24O. The van der Waals surface area contributed by atoms with Gasteiger partial charge in [0, 0.05) is 6.61 Å². The Kier molecular flexibility index (Phi) is 7.58. The monoisotopic (exact) mass is 172 g/mol. The van der Waals surface area contributed by atoms with Crippen LogP contribution >= 0.6 is 0 Å². The Morgan fingerprint density at radius 1 is 1.08 bits per heavy atom. The van der Waals surface area contributed by atoms with E-state index in [0.29, 0.717) is 12.0 Å². The van der Waals surface area contributed by atoms with Crippen LogP contribution in [0.25, 0.3) is 0 Å². The first kappa shape index (κ1) is 12.0. The third-order valence-corrected chi connectivity index (χ3v) is 2.23. The van der Waals surface area contributed by atoms with Gasteiger partial charge in [0.2, 0.25) is 0 Å². The van der Waals surface area contributed by atoms with Gasteiger partial charge < -0.3 is 4.74 Å². The van der Waals surface area contributed by atoms with E-state index in [1.165, 1.54) is 19.3 Å². The van der Waals surface area contributed by atoms with E-state index >= 15 is 0 Å². The van der Waals surface area contributed by atoms with Crippen LogP contribution in [-0.4, -0.2) is 12.7 Å². The van der Waals surface area contributed by atoms with Crippen molar-refractivity contribution >= 4 is 0 Å². The maximum atomic E-state index is 5.75. The molecule has 1 heteroatoms. The van der Waals surface area contributed by atoms with Gasteiger partial charge in [0.25, 0.3) is 0 Å². The molecule has 0 saturated heterocycles. The van der Waals surface area contributed by atoms with Crippen LogP contribution in [0.1, 0.15) is 53.4 Å². The summed E-state index contributed by atoms with van der Waals surface area (Å²) in [6, 6.07) is 0. The second kappa shape index (κ2) is 7.60. The molecule has 0 amide bonds. The molecule has 0 bridgehead atoms. The topological polar surface area (TPSA) is 9.23 Å². The van der Waals surface area contributed by atoms with E-state index in [-0.39, 0.29) is 0 Å². The molecule has 0 rings (SSSR count). The van der Waals surface area contributed by atoms with Gasteiger partial charge in [-0.3, -0.25) is 0 Å². The molecule has 1 nitrogen and oxygen atoms in total. The van der Waals surface area contributed by atoms with Gasteiger partial charge in [0.1, 0.15) is 0 Å². The molecule has 0 aliphatic rings. The zero-order chi connectivity index (χ0) is 9.40. The molecule has 0 aromatic carbocycles. The molecule has 1 unspecified atom stereocenters. The van der Waals surface area contributed by atoms with Crippen molar-refractivity contribution in [3.8, 4) is 0 Å². The predicted octanol–water partition coefficient (Wildman–Crippen LogP) is 3.63. The minimum atomic E-state index is 0.474. The Balaban J connectivity index is 3.32. The maximum absolute atomic E-state index is 5.75. The fraction of sp³-hybridized carbons (Fsp3) is 1.00. The predicted molar refractivity (Wildman–Crippen MR) is 54.4 cm³/mol. The number of hydrogen-bond acceptors (Lipinski definition) is 1. The summed E-state index contributed by atoms with van der Waals surface area (Å²) >= 11 is 0. The SMILES string of the molecule is CCCCCOC(CC)C(C)C. The Bertz CT molecular complexity index is 89.0. The van der Waals surface area contributed by atoms with Gasteiger partial charge in [-0.25, -0.2) is 0 Å². The number of unbranched alkanes of at least 4 members (excludes halogenated alkanes) is 2. The van der Waals surface area contributed by atoms with Crippen molar-refractivity contribution in [1.29, 1.82) is 0 Å². The van der Waals surface area contributed by atoms with Gasteiger partial charge in [-0.05, 0) is 18.8 Å². The third-order valence-electron chi connectivity index (χ3n) is 2.23. The van der Waals surface area contributed by atoms with Crippen molar-refractivity contribution in [2.75, 3.05) is 6.61 Å². The lowest BCUT2D eigenvalue weighted by Crippen LogP contribution is -2.19. The highest BCUT2D eigenvalue weighted by molar-refractivity contribution is 4.59. The van der Waals surface area contributed by atoms with Gasteiger partial charge in [-0.15, -0.1) is 0 Å². The van der Waals surface area contributed by atoms with Crippen LogP contribution in [0.5, 0.6) is 0 Å². The average molecular weight is 172 g/mol. The second-order valence-corrected chi connectivity index (χ2v) is 3.77. The summed E-state index contributed by atoms with van der Waals surface area (Å²) in [5, 5.41) is 0. The molecule has 0 radical (unpaired) electrons.